The van der Waals surface area contributed by atoms with E-state index in [1.54, 1.807) is 4.90 Å². The molecule has 1 aromatic heterocycles. The molecule has 0 spiro atoms. The Morgan fingerprint density at radius 2 is 1.86 bits per heavy atom. The highest BCUT2D eigenvalue weighted by molar-refractivity contribution is 5.82. The average Bonchev–Trinajstić information content (AvgIpc) is 3.29. The van der Waals surface area contributed by atoms with Gasteiger partial charge in [-0.25, -0.2) is 9.78 Å². The van der Waals surface area contributed by atoms with Crippen molar-refractivity contribution in [1.82, 2.24) is 14.5 Å². The van der Waals surface area contributed by atoms with Gasteiger partial charge in [-0.15, -0.1) is 0 Å². The van der Waals surface area contributed by atoms with Crippen molar-refractivity contribution in [3.8, 4) is 0 Å². The molecule has 0 radical (unpaired) electrons. The minimum Gasteiger partial charge on any atom is -0.481 e. The second kappa shape index (κ2) is 9.72. The van der Waals surface area contributed by atoms with Crippen LogP contribution in [0.15, 0.2) is 42.5 Å². The number of nitrogens with zero attached hydrogens (tertiary/aromatic N) is 3. The Labute approximate surface area is 205 Å². The van der Waals surface area contributed by atoms with Crippen molar-refractivity contribution in [2.75, 3.05) is 13.7 Å². The first kappa shape index (κ1) is 23.4. The molecule has 2 aromatic carbocycles. The monoisotopic (exact) mass is 475 g/mol. The molecule has 1 atom stereocenters. The van der Waals surface area contributed by atoms with Crippen LogP contribution in [0.1, 0.15) is 67.1 Å². The third-order valence-corrected chi connectivity index (χ3v) is 7.78. The third kappa shape index (κ3) is 4.51. The van der Waals surface area contributed by atoms with E-state index in [4.69, 9.17) is 9.72 Å². The van der Waals surface area contributed by atoms with Gasteiger partial charge in [0.2, 0.25) is 0 Å². The Morgan fingerprint density at radius 3 is 2.54 bits per heavy atom. The van der Waals surface area contributed by atoms with Gasteiger partial charge in [0.05, 0.1) is 30.6 Å². The molecule has 2 aliphatic rings. The van der Waals surface area contributed by atoms with Gasteiger partial charge in [0.25, 0.3) is 0 Å². The summed E-state index contributed by atoms with van der Waals surface area (Å²) < 4.78 is 7.37. The van der Waals surface area contributed by atoms with Gasteiger partial charge in [-0.1, -0.05) is 36.4 Å². The molecule has 7 nitrogen and oxygen atoms in total. The summed E-state index contributed by atoms with van der Waals surface area (Å²) in [5, 5.41) is 9.48. The summed E-state index contributed by atoms with van der Waals surface area (Å²) in [5.41, 5.74) is 5.67. The molecule has 7 heteroatoms. The highest BCUT2D eigenvalue weighted by atomic mass is 16.5. The third-order valence-electron chi connectivity index (χ3n) is 7.78. The van der Waals surface area contributed by atoms with E-state index in [-0.39, 0.29) is 24.0 Å². The molecule has 1 N–H and O–H groups in total. The summed E-state index contributed by atoms with van der Waals surface area (Å²) in [4.78, 5) is 30.8. The largest absolute Gasteiger partial charge is 0.481 e. The molecule has 1 aliphatic heterocycles. The van der Waals surface area contributed by atoms with Crippen molar-refractivity contribution in [2.24, 2.45) is 5.92 Å². The summed E-state index contributed by atoms with van der Waals surface area (Å²) in [7, 11) is 1.42. The van der Waals surface area contributed by atoms with Crippen molar-refractivity contribution in [2.45, 2.75) is 64.0 Å². The first-order valence-electron chi connectivity index (χ1n) is 12.6. The molecule has 35 heavy (non-hydrogen) atoms. The van der Waals surface area contributed by atoms with Crippen LogP contribution in [0.4, 0.5) is 4.79 Å². The standard InChI is InChI=1S/C28H33N3O4/c1-18(16-19-6-4-3-5-7-19)31-24-13-12-20-14-15-30(28(34)35-2)17-23(20)25(24)29-26(31)21-8-10-22(11-9-21)27(32)33/h3-7,12-13,18,21-22H,8-11,14-17H2,1-2H3,(H,32,33)/t18-,21-,22+/m0/s1. The van der Waals surface area contributed by atoms with Crippen molar-refractivity contribution < 1.29 is 19.4 Å². The Balaban J connectivity index is 1.56. The number of methoxy groups -OCH3 is 1. The van der Waals surface area contributed by atoms with E-state index in [9.17, 15) is 14.7 Å². The lowest BCUT2D eigenvalue weighted by Crippen LogP contribution is -2.35. The minimum absolute atomic E-state index is 0.188. The molecule has 1 saturated carbocycles. The zero-order valence-electron chi connectivity index (χ0n) is 20.4. The number of amides is 1. The summed E-state index contributed by atoms with van der Waals surface area (Å²) in [6.07, 6.45) is 4.39. The maximum Gasteiger partial charge on any atom is 0.409 e. The number of rotatable bonds is 5. The fourth-order valence-electron chi connectivity index (χ4n) is 5.89. The van der Waals surface area contributed by atoms with Gasteiger partial charge in [0.15, 0.2) is 0 Å². The summed E-state index contributed by atoms with van der Waals surface area (Å²) in [6, 6.07) is 15.0. The molecule has 0 unspecified atom stereocenters. The number of carboxylic acid groups (broad SMARTS) is 1. The van der Waals surface area contributed by atoms with E-state index in [1.165, 1.54) is 18.2 Å². The fraction of sp³-hybridized carbons (Fsp3) is 0.464. The number of benzene rings is 2. The molecule has 3 aromatic rings. The fourth-order valence-corrected chi connectivity index (χ4v) is 5.89. The van der Waals surface area contributed by atoms with Gasteiger partial charge in [-0.2, -0.15) is 0 Å². The molecule has 184 valence electrons. The number of fused-ring (bicyclic) bond motifs is 3. The highest BCUT2D eigenvalue weighted by Gasteiger charge is 2.32. The van der Waals surface area contributed by atoms with Crippen molar-refractivity contribution in [1.29, 1.82) is 0 Å². The average molecular weight is 476 g/mol. The van der Waals surface area contributed by atoms with E-state index in [0.29, 0.717) is 25.9 Å². The molecule has 0 bridgehead atoms. The van der Waals surface area contributed by atoms with Crippen LogP contribution in [-0.2, 0) is 28.9 Å². The number of ether oxygens (including phenoxy) is 1. The van der Waals surface area contributed by atoms with Crippen LogP contribution in [0, 0.1) is 5.92 Å². The van der Waals surface area contributed by atoms with Gasteiger partial charge >= 0.3 is 12.1 Å². The van der Waals surface area contributed by atoms with Crippen LogP contribution in [0.5, 0.6) is 0 Å². The topological polar surface area (TPSA) is 84.7 Å². The summed E-state index contributed by atoms with van der Waals surface area (Å²) in [5.74, 6) is 0.335. The quantitative estimate of drug-likeness (QED) is 0.540. The normalized spacial score (nSPS) is 20.9. The van der Waals surface area contributed by atoms with Crippen LogP contribution in [0.2, 0.25) is 0 Å². The van der Waals surface area contributed by atoms with Gasteiger partial charge in [-0.3, -0.25) is 4.79 Å². The van der Waals surface area contributed by atoms with Crippen molar-refractivity contribution in [3.63, 3.8) is 0 Å². The molecular formula is C28H33N3O4. The number of carboxylic acids is 1. The lowest BCUT2D eigenvalue weighted by molar-refractivity contribution is -0.142. The van der Waals surface area contributed by atoms with E-state index in [1.807, 2.05) is 6.07 Å². The maximum atomic E-state index is 12.3. The van der Waals surface area contributed by atoms with Gasteiger partial charge in [0.1, 0.15) is 5.82 Å². The van der Waals surface area contributed by atoms with Gasteiger partial charge < -0.3 is 19.3 Å². The van der Waals surface area contributed by atoms with E-state index < -0.39 is 5.97 Å². The number of carbonyl (C=O) groups is 2. The van der Waals surface area contributed by atoms with Gasteiger partial charge in [-0.05, 0) is 62.6 Å². The van der Waals surface area contributed by atoms with Crippen LogP contribution in [0.3, 0.4) is 0 Å². The first-order valence-corrected chi connectivity index (χ1v) is 12.6. The zero-order valence-corrected chi connectivity index (χ0v) is 20.4. The summed E-state index contributed by atoms with van der Waals surface area (Å²) >= 11 is 0. The van der Waals surface area contributed by atoms with Crippen LogP contribution in [-0.4, -0.2) is 45.3 Å². The predicted molar refractivity (Wildman–Crippen MR) is 133 cm³/mol. The molecule has 1 amide bonds. The number of aliphatic carboxylic acids is 1. The molecule has 2 heterocycles. The van der Waals surface area contributed by atoms with Gasteiger partial charge in [0, 0.05) is 24.1 Å². The number of hydrogen-bond donors (Lipinski definition) is 1. The predicted octanol–water partition coefficient (Wildman–Crippen LogP) is 5.32. The minimum atomic E-state index is -0.689. The Bertz CT molecular complexity index is 1230. The second-order valence-corrected chi connectivity index (χ2v) is 9.98. The Hall–Kier alpha value is -3.35. The first-order chi connectivity index (χ1) is 17.0. The van der Waals surface area contributed by atoms with Crippen LogP contribution >= 0.6 is 0 Å². The summed E-state index contributed by atoms with van der Waals surface area (Å²) in [6.45, 7) is 3.37. The lowest BCUT2D eigenvalue weighted by Gasteiger charge is -2.28. The SMILES string of the molecule is COC(=O)N1CCc2ccc3c(nc([C@H]4CC[C@@H](C(=O)O)CC4)n3[C@@H](C)Cc3ccccc3)c2C1. The van der Waals surface area contributed by atoms with E-state index >= 15 is 0 Å². The van der Waals surface area contributed by atoms with Crippen molar-refractivity contribution in [3.05, 3.63) is 65.0 Å². The number of imidazole rings is 1. The maximum absolute atomic E-state index is 12.3. The Morgan fingerprint density at radius 1 is 1.11 bits per heavy atom. The van der Waals surface area contributed by atoms with E-state index in [0.717, 1.165) is 48.1 Å². The van der Waals surface area contributed by atoms with Crippen LogP contribution < -0.4 is 0 Å². The number of aromatic nitrogens is 2. The van der Waals surface area contributed by atoms with Crippen LogP contribution in [0.25, 0.3) is 11.0 Å². The molecule has 1 aliphatic carbocycles. The zero-order chi connectivity index (χ0) is 24.5. The molecule has 5 rings (SSSR count). The lowest BCUT2D eigenvalue weighted by atomic mass is 9.81. The molecule has 0 saturated heterocycles. The second-order valence-electron chi connectivity index (χ2n) is 9.98. The number of carbonyl (C=O) groups excluding carboxylic acids is 1. The molecule has 1 fully saturated rings. The Kier molecular flexibility index (Phi) is 6.50. The van der Waals surface area contributed by atoms with Crippen molar-refractivity contribution >= 4 is 23.1 Å². The van der Waals surface area contributed by atoms with E-state index in [2.05, 4.69) is 47.9 Å². The number of hydrogen-bond acceptors (Lipinski definition) is 4. The highest BCUT2D eigenvalue weighted by Crippen LogP contribution is 2.40. The smallest absolute Gasteiger partial charge is 0.409 e. The molecular weight excluding hydrogens is 442 g/mol.